The van der Waals surface area contributed by atoms with E-state index in [0.717, 1.165) is 15.9 Å². The lowest BCUT2D eigenvalue weighted by molar-refractivity contribution is 0.675. The summed E-state index contributed by atoms with van der Waals surface area (Å²) in [6.07, 6.45) is 0. The van der Waals surface area contributed by atoms with Gasteiger partial charge in [0, 0.05) is 30.1 Å². The van der Waals surface area contributed by atoms with Crippen molar-refractivity contribution in [3.05, 3.63) is 15.9 Å². The first kappa shape index (κ1) is 11.9. The van der Waals surface area contributed by atoms with Crippen LogP contribution in [0.15, 0.2) is 4.47 Å². The van der Waals surface area contributed by atoms with Crippen LogP contribution in [-0.4, -0.2) is 26.3 Å². The van der Waals surface area contributed by atoms with Crippen molar-refractivity contribution >= 4 is 26.7 Å². The Bertz CT molecular complexity index is 351. The average molecular weight is 280 g/mol. The zero-order valence-corrected chi connectivity index (χ0v) is 10.7. The second-order valence-corrected chi connectivity index (χ2v) is 5.42. The van der Waals surface area contributed by atoms with Gasteiger partial charge in [-0.3, -0.25) is 8.89 Å². The minimum absolute atomic E-state index is 0.459. The Hall–Kier alpha value is -0.200. The number of halogens is 1. The Labute approximate surface area is 94.4 Å². The van der Waals surface area contributed by atoms with Crippen molar-refractivity contribution in [3.63, 3.8) is 0 Å². The van der Waals surface area contributed by atoms with Gasteiger partial charge in [0.25, 0.3) is 0 Å². The van der Waals surface area contributed by atoms with Crippen molar-refractivity contribution in [1.82, 2.24) is 9.78 Å². The van der Waals surface area contributed by atoms with Crippen molar-refractivity contribution in [2.75, 3.05) is 12.3 Å². The number of nitrogens with zero attached hydrogens (tertiary/aromatic N) is 2. The normalized spacial score (nSPS) is 13.1. The zero-order chi connectivity index (χ0) is 10.7. The summed E-state index contributed by atoms with van der Waals surface area (Å²) < 4.78 is 14.2. The molecule has 1 heterocycles. The van der Waals surface area contributed by atoms with Crippen LogP contribution in [0.25, 0.3) is 0 Å². The first-order chi connectivity index (χ1) is 6.56. The maximum atomic E-state index is 11.5. The van der Waals surface area contributed by atoms with Gasteiger partial charge in [-0.15, -0.1) is 0 Å². The van der Waals surface area contributed by atoms with E-state index in [1.807, 2.05) is 14.0 Å². The van der Waals surface area contributed by atoms with E-state index in [0.29, 0.717) is 18.1 Å². The van der Waals surface area contributed by atoms with E-state index in [4.69, 9.17) is 5.73 Å². The first-order valence-electron chi connectivity index (χ1n) is 4.29. The second kappa shape index (κ2) is 5.04. The quantitative estimate of drug-likeness (QED) is 0.883. The van der Waals surface area contributed by atoms with Crippen LogP contribution in [0.4, 0.5) is 0 Å². The first-order valence-corrected chi connectivity index (χ1v) is 6.57. The average Bonchev–Trinajstić information content (AvgIpc) is 2.33. The van der Waals surface area contributed by atoms with Crippen molar-refractivity contribution in [3.8, 4) is 0 Å². The summed E-state index contributed by atoms with van der Waals surface area (Å²) in [5, 5.41) is 4.23. The topological polar surface area (TPSA) is 60.9 Å². The highest BCUT2D eigenvalue weighted by Gasteiger charge is 2.12. The summed E-state index contributed by atoms with van der Waals surface area (Å²) in [4.78, 5) is 0. The lowest BCUT2D eigenvalue weighted by atomic mass is 10.4. The molecule has 1 atom stereocenters. The molecule has 0 aliphatic heterocycles. The predicted molar refractivity (Wildman–Crippen MR) is 61.4 cm³/mol. The molecule has 0 bridgehead atoms. The monoisotopic (exact) mass is 279 g/mol. The van der Waals surface area contributed by atoms with Gasteiger partial charge in [0.05, 0.1) is 21.6 Å². The third-order valence-corrected chi connectivity index (χ3v) is 4.22. The molecule has 2 N–H and O–H groups in total. The van der Waals surface area contributed by atoms with Crippen LogP contribution >= 0.6 is 15.9 Å². The summed E-state index contributed by atoms with van der Waals surface area (Å²) in [6.45, 7) is 2.38. The van der Waals surface area contributed by atoms with E-state index in [2.05, 4.69) is 21.0 Å². The summed E-state index contributed by atoms with van der Waals surface area (Å²) >= 11 is 3.43. The Kier molecular flexibility index (Phi) is 4.28. The minimum atomic E-state index is -0.894. The van der Waals surface area contributed by atoms with Gasteiger partial charge in [0.15, 0.2) is 0 Å². The molecule has 1 unspecified atom stereocenters. The van der Waals surface area contributed by atoms with E-state index >= 15 is 0 Å². The fourth-order valence-electron chi connectivity index (χ4n) is 1.19. The molecule has 0 saturated heterocycles. The lowest BCUT2D eigenvalue weighted by Crippen LogP contribution is -2.13. The van der Waals surface area contributed by atoms with Crippen LogP contribution < -0.4 is 5.73 Å². The van der Waals surface area contributed by atoms with Gasteiger partial charge in [-0.25, -0.2) is 0 Å². The van der Waals surface area contributed by atoms with Gasteiger partial charge in [0.1, 0.15) is 0 Å². The van der Waals surface area contributed by atoms with E-state index in [1.165, 1.54) is 0 Å². The SMILES string of the molecule is Cc1nn(C)c(CS(=O)CCN)c1Br. The molecule has 0 fully saturated rings. The van der Waals surface area contributed by atoms with Crippen LogP contribution in [-0.2, 0) is 23.6 Å². The third kappa shape index (κ3) is 2.65. The van der Waals surface area contributed by atoms with Gasteiger partial charge in [0.2, 0.25) is 0 Å². The van der Waals surface area contributed by atoms with E-state index in [9.17, 15) is 4.21 Å². The fourth-order valence-corrected chi connectivity index (χ4v) is 2.90. The molecule has 1 aromatic rings. The molecular weight excluding hydrogens is 266 g/mol. The molecule has 0 radical (unpaired) electrons. The fraction of sp³-hybridized carbons (Fsp3) is 0.625. The molecular formula is C8H14BrN3OS. The number of hydrogen-bond donors (Lipinski definition) is 1. The van der Waals surface area contributed by atoms with Gasteiger partial charge in [-0.05, 0) is 22.9 Å². The van der Waals surface area contributed by atoms with Crippen molar-refractivity contribution in [2.24, 2.45) is 12.8 Å². The molecule has 1 aromatic heterocycles. The highest BCUT2D eigenvalue weighted by Crippen LogP contribution is 2.21. The molecule has 0 amide bonds. The van der Waals surface area contributed by atoms with Crippen LogP contribution in [0.5, 0.6) is 0 Å². The number of nitrogens with two attached hydrogens (primary N) is 1. The standard InChI is InChI=1S/C8H14BrN3OS/c1-6-8(9)7(12(2)11-6)5-14(13)4-3-10/h3-5,10H2,1-2H3. The smallest absolute Gasteiger partial charge is 0.0738 e. The van der Waals surface area contributed by atoms with Crippen LogP contribution in [0.3, 0.4) is 0 Å². The molecule has 0 spiro atoms. The van der Waals surface area contributed by atoms with Gasteiger partial charge in [-0.2, -0.15) is 5.10 Å². The Morgan fingerprint density at radius 1 is 1.64 bits per heavy atom. The molecule has 0 saturated carbocycles. The van der Waals surface area contributed by atoms with Gasteiger partial charge >= 0.3 is 0 Å². The number of aromatic nitrogens is 2. The van der Waals surface area contributed by atoms with Gasteiger partial charge < -0.3 is 5.73 Å². The van der Waals surface area contributed by atoms with Crippen molar-refractivity contribution < 1.29 is 4.21 Å². The lowest BCUT2D eigenvalue weighted by Gasteiger charge is -2.02. The van der Waals surface area contributed by atoms with Gasteiger partial charge in [-0.1, -0.05) is 0 Å². The Morgan fingerprint density at radius 2 is 2.29 bits per heavy atom. The number of hydrogen-bond acceptors (Lipinski definition) is 3. The maximum absolute atomic E-state index is 11.5. The largest absolute Gasteiger partial charge is 0.330 e. The highest BCUT2D eigenvalue weighted by molar-refractivity contribution is 9.10. The van der Waals surface area contributed by atoms with Crippen LogP contribution in [0, 0.1) is 6.92 Å². The molecule has 0 aliphatic carbocycles. The maximum Gasteiger partial charge on any atom is 0.0738 e. The zero-order valence-electron chi connectivity index (χ0n) is 8.29. The summed E-state index contributed by atoms with van der Waals surface area (Å²) in [5.74, 6) is 1.05. The summed E-state index contributed by atoms with van der Waals surface area (Å²) in [5.41, 5.74) is 7.23. The summed E-state index contributed by atoms with van der Waals surface area (Å²) in [7, 11) is 0.960. The molecule has 6 heteroatoms. The summed E-state index contributed by atoms with van der Waals surface area (Å²) in [6, 6.07) is 0. The number of aryl methyl sites for hydroxylation is 2. The Balaban J connectivity index is 2.81. The molecule has 14 heavy (non-hydrogen) atoms. The van der Waals surface area contributed by atoms with Crippen molar-refractivity contribution in [2.45, 2.75) is 12.7 Å². The van der Waals surface area contributed by atoms with Crippen LogP contribution in [0.2, 0.25) is 0 Å². The van der Waals surface area contributed by atoms with Crippen molar-refractivity contribution in [1.29, 1.82) is 0 Å². The third-order valence-electron chi connectivity index (χ3n) is 1.90. The van der Waals surface area contributed by atoms with Crippen LogP contribution in [0.1, 0.15) is 11.4 Å². The van der Waals surface area contributed by atoms with E-state index in [1.54, 1.807) is 4.68 Å². The molecule has 4 nitrogen and oxygen atoms in total. The van der Waals surface area contributed by atoms with E-state index < -0.39 is 10.8 Å². The molecule has 1 rings (SSSR count). The second-order valence-electron chi connectivity index (χ2n) is 3.05. The highest BCUT2D eigenvalue weighted by atomic mass is 79.9. The molecule has 0 aromatic carbocycles. The Morgan fingerprint density at radius 3 is 2.71 bits per heavy atom. The number of rotatable bonds is 4. The van der Waals surface area contributed by atoms with E-state index in [-0.39, 0.29) is 0 Å². The minimum Gasteiger partial charge on any atom is -0.330 e. The molecule has 0 aliphatic rings. The molecule has 80 valence electrons. The predicted octanol–water partition coefficient (Wildman–Crippen LogP) is 0.698.